The van der Waals surface area contributed by atoms with Crippen molar-refractivity contribution in [1.82, 2.24) is 24.1 Å². The molecule has 1 amide bonds. The SMILES string of the molecule is COc1cn(-c2cccc(C(F)(F)F)c2)nc1C(=O)Nc1ccc(-c2cn3cccnc3n2)cc1. The van der Waals surface area contributed by atoms with E-state index >= 15 is 0 Å². The first-order valence-corrected chi connectivity index (χ1v) is 10.3. The second-order valence-electron chi connectivity index (χ2n) is 7.52. The van der Waals surface area contributed by atoms with Crippen molar-refractivity contribution >= 4 is 17.4 Å². The first kappa shape index (κ1) is 22.1. The number of anilines is 1. The lowest BCUT2D eigenvalue weighted by Crippen LogP contribution is -2.14. The minimum Gasteiger partial charge on any atom is -0.493 e. The molecule has 3 heterocycles. The molecule has 0 unspecified atom stereocenters. The van der Waals surface area contributed by atoms with Gasteiger partial charge in [0.15, 0.2) is 11.4 Å². The van der Waals surface area contributed by atoms with Crippen LogP contribution >= 0.6 is 0 Å². The number of aromatic nitrogens is 5. The van der Waals surface area contributed by atoms with E-state index in [4.69, 9.17) is 4.74 Å². The summed E-state index contributed by atoms with van der Waals surface area (Å²) in [5, 5.41) is 6.88. The molecule has 0 aliphatic rings. The van der Waals surface area contributed by atoms with Crippen LogP contribution in [0.15, 0.2) is 79.4 Å². The number of carbonyl (C=O) groups is 1. The van der Waals surface area contributed by atoms with Crippen molar-refractivity contribution in [3.8, 4) is 22.7 Å². The van der Waals surface area contributed by atoms with Crippen LogP contribution in [-0.4, -0.2) is 37.2 Å². The highest BCUT2D eigenvalue weighted by Crippen LogP contribution is 2.31. The van der Waals surface area contributed by atoms with Gasteiger partial charge in [0.05, 0.1) is 30.3 Å². The number of benzene rings is 2. The molecule has 0 spiro atoms. The fourth-order valence-electron chi connectivity index (χ4n) is 3.51. The van der Waals surface area contributed by atoms with Crippen LogP contribution < -0.4 is 10.1 Å². The van der Waals surface area contributed by atoms with Gasteiger partial charge in [0.2, 0.25) is 5.78 Å². The van der Waals surface area contributed by atoms with Gasteiger partial charge < -0.3 is 10.1 Å². The summed E-state index contributed by atoms with van der Waals surface area (Å²) in [4.78, 5) is 21.5. The zero-order valence-electron chi connectivity index (χ0n) is 18.2. The second kappa shape index (κ2) is 8.60. The van der Waals surface area contributed by atoms with Crippen LogP contribution in [-0.2, 0) is 6.18 Å². The maximum atomic E-state index is 13.1. The number of halogens is 3. The Labute approximate surface area is 196 Å². The molecule has 0 saturated heterocycles. The number of carbonyl (C=O) groups excluding carboxylic acids is 1. The van der Waals surface area contributed by atoms with Crippen LogP contribution in [0.4, 0.5) is 18.9 Å². The number of imidazole rings is 1. The molecule has 0 bridgehead atoms. The Bertz CT molecular complexity index is 1490. The molecule has 176 valence electrons. The third kappa shape index (κ3) is 4.43. The summed E-state index contributed by atoms with van der Waals surface area (Å²) >= 11 is 0. The van der Waals surface area contributed by atoms with Crippen LogP contribution in [0.1, 0.15) is 16.1 Å². The van der Waals surface area contributed by atoms with E-state index in [-0.39, 0.29) is 17.1 Å². The molecule has 5 rings (SSSR count). The highest BCUT2D eigenvalue weighted by molar-refractivity contribution is 6.04. The second-order valence-corrected chi connectivity index (χ2v) is 7.52. The molecule has 8 nitrogen and oxygen atoms in total. The van der Waals surface area contributed by atoms with Gasteiger partial charge in [-0.05, 0) is 36.4 Å². The summed E-state index contributed by atoms with van der Waals surface area (Å²) in [5.74, 6) is 0.120. The first-order chi connectivity index (χ1) is 16.8. The van der Waals surface area contributed by atoms with E-state index < -0.39 is 17.6 Å². The molecule has 1 N–H and O–H groups in total. The summed E-state index contributed by atoms with van der Waals surface area (Å²) in [5.41, 5.74) is 1.31. The summed E-state index contributed by atoms with van der Waals surface area (Å²) < 4.78 is 47.4. The first-order valence-electron chi connectivity index (χ1n) is 10.3. The number of ether oxygens (including phenoxy) is 1. The van der Waals surface area contributed by atoms with E-state index in [1.165, 1.54) is 30.1 Å². The van der Waals surface area contributed by atoms with E-state index in [0.717, 1.165) is 23.4 Å². The minimum absolute atomic E-state index is 0.0691. The van der Waals surface area contributed by atoms with Crippen molar-refractivity contribution in [3.63, 3.8) is 0 Å². The van der Waals surface area contributed by atoms with Gasteiger partial charge in [-0.3, -0.25) is 9.20 Å². The van der Waals surface area contributed by atoms with Gasteiger partial charge in [-0.2, -0.15) is 18.3 Å². The lowest BCUT2D eigenvalue weighted by Gasteiger charge is -2.08. The largest absolute Gasteiger partial charge is 0.493 e. The highest BCUT2D eigenvalue weighted by atomic mass is 19.4. The molecule has 5 aromatic rings. The minimum atomic E-state index is -4.50. The number of nitrogens with zero attached hydrogens (tertiary/aromatic N) is 5. The molecular weight excluding hydrogens is 461 g/mol. The molecule has 0 aliphatic carbocycles. The number of rotatable bonds is 5. The highest BCUT2D eigenvalue weighted by Gasteiger charge is 2.30. The Kier molecular flexibility index (Phi) is 5.44. The predicted octanol–water partition coefficient (Wildman–Crippen LogP) is 4.86. The maximum Gasteiger partial charge on any atom is 0.416 e. The molecule has 2 aromatic carbocycles. The van der Waals surface area contributed by atoms with Crippen molar-refractivity contribution < 1.29 is 22.7 Å². The Morgan fingerprint density at radius 1 is 1.06 bits per heavy atom. The van der Waals surface area contributed by atoms with Crippen LogP contribution in [0.5, 0.6) is 5.75 Å². The van der Waals surface area contributed by atoms with Gasteiger partial charge in [-0.15, -0.1) is 0 Å². The third-order valence-corrected chi connectivity index (χ3v) is 5.23. The van der Waals surface area contributed by atoms with Crippen molar-refractivity contribution in [2.75, 3.05) is 12.4 Å². The van der Waals surface area contributed by atoms with Crippen molar-refractivity contribution in [2.24, 2.45) is 0 Å². The quantitative estimate of drug-likeness (QED) is 0.390. The number of fused-ring (bicyclic) bond motifs is 1. The molecule has 0 fully saturated rings. The molecule has 0 saturated carbocycles. The zero-order valence-corrected chi connectivity index (χ0v) is 18.2. The number of methoxy groups -OCH3 is 1. The Morgan fingerprint density at radius 3 is 2.57 bits per heavy atom. The molecule has 11 heteroatoms. The molecule has 0 atom stereocenters. The normalized spacial score (nSPS) is 11.5. The molecule has 0 aliphatic heterocycles. The Morgan fingerprint density at radius 2 is 1.86 bits per heavy atom. The van der Waals surface area contributed by atoms with Crippen LogP contribution in [0, 0.1) is 0 Å². The number of amides is 1. The lowest BCUT2D eigenvalue weighted by atomic mass is 10.1. The fourth-order valence-corrected chi connectivity index (χ4v) is 3.51. The Balaban J connectivity index is 1.37. The third-order valence-electron chi connectivity index (χ3n) is 5.23. The van der Waals surface area contributed by atoms with Crippen molar-refractivity contribution in [2.45, 2.75) is 6.18 Å². The van der Waals surface area contributed by atoms with Gasteiger partial charge >= 0.3 is 6.18 Å². The van der Waals surface area contributed by atoms with E-state index in [1.54, 1.807) is 40.9 Å². The van der Waals surface area contributed by atoms with Gasteiger partial charge in [-0.1, -0.05) is 18.2 Å². The van der Waals surface area contributed by atoms with Crippen LogP contribution in [0.25, 0.3) is 22.7 Å². The average Bonchev–Trinajstić information content (AvgIpc) is 3.49. The van der Waals surface area contributed by atoms with Crippen LogP contribution in [0.3, 0.4) is 0 Å². The smallest absolute Gasteiger partial charge is 0.416 e. The number of hydrogen-bond donors (Lipinski definition) is 1. The van der Waals surface area contributed by atoms with Gasteiger partial charge in [0.25, 0.3) is 5.91 Å². The zero-order chi connectivity index (χ0) is 24.6. The predicted molar refractivity (Wildman–Crippen MR) is 121 cm³/mol. The van der Waals surface area contributed by atoms with Crippen molar-refractivity contribution in [1.29, 1.82) is 0 Å². The molecule has 0 radical (unpaired) electrons. The average molecular weight is 478 g/mol. The number of alkyl halides is 3. The standard InChI is InChI=1S/C24H17F3N6O2/c1-35-20-14-33(18-5-2-4-16(12-18)24(25,26)27)31-21(20)22(34)29-17-8-6-15(7-9-17)19-13-32-11-3-10-28-23(32)30-19/h2-14H,1H3,(H,29,34). The summed E-state index contributed by atoms with van der Waals surface area (Å²) in [6.07, 6.45) is 2.21. The van der Waals surface area contributed by atoms with Gasteiger partial charge in [0.1, 0.15) is 0 Å². The topological polar surface area (TPSA) is 86.3 Å². The monoisotopic (exact) mass is 478 g/mol. The van der Waals surface area contributed by atoms with E-state index in [1.807, 2.05) is 12.4 Å². The summed E-state index contributed by atoms with van der Waals surface area (Å²) in [6, 6.07) is 13.5. The molecular formula is C24H17F3N6O2. The Hall–Kier alpha value is -4.67. The van der Waals surface area contributed by atoms with Crippen molar-refractivity contribution in [3.05, 3.63) is 90.6 Å². The maximum absolute atomic E-state index is 13.1. The van der Waals surface area contributed by atoms with E-state index in [2.05, 4.69) is 20.4 Å². The molecule has 3 aromatic heterocycles. The van der Waals surface area contributed by atoms with Crippen LogP contribution in [0.2, 0.25) is 0 Å². The molecule has 35 heavy (non-hydrogen) atoms. The number of hydrogen-bond acceptors (Lipinski definition) is 5. The summed E-state index contributed by atoms with van der Waals surface area (Å²) in [6.45, 7) is 0. The number of nitrogens with one attached hydrogen (secondary N) is 1. The fraction of sp³-hybridized carbons (Fsp3) is 0.0833. The van der Waals surface area contributed by atoms with E-state index in [0.29, 0.717) is 11.5 Å². The van der Waals surface area contributed by atoms with Gasteiger partial charge in [-0.25, -0.2) is 14.6 Å². The lowest BCUT2D eigenvalue weighted by molar-refractivity contribution is -0.137. The van der Waals surface area contributed by atoms with E-state index in [9.17, 15) is 18.0 Å². The van der Waals surface area contributed by atoms with Gasteiger partial charge in [0, 0.05) is 29.8 Å². The summed E-state index contributed by atoms with van der Waals surface area (Å²) in [7, 11) is 1.35.